The first-order chi connectivity index (χ1) is 8.31. The standard InChI is InChI=1S/C13H12N4/c14-11-7-6-10-13(16-11)17-12(15-10)8-9-4-2-1-3-5-9/h1-7H,8H2,(H3,14,15,16,17). The Morgan fingerprint density at radius 2 is 1.82 bits per heavy atom. The number of anilines is 1. The highest BCUT2D eigenvalue weighted by molar-refractivity contribution is 5.55. The summed E-state index contributed by atoms with van der Waals surface area (Å²) in [7, 11) is 0. The van der Waals surface area contributed by atoms with Gasteiger partial charge in [0.25, 0.3) is 0 Å². The van der Waals surface area contributed by atoms with Crippen LogP contribution in [0.25, 0.3) is 11.5 Å². The van der Waals surface area contributed by atoms with Crippen LogP contribution >= 0.6 is 0 Å². The zero-order chi connectivity index (χ0) is 11.7. The number of aromatic nitrogens is 3. The molecule has 0 radical (unpaired) electrons. The van der Waals surface area contributed by atoms with E-state index in [4.69, 9.17) is 5.73 Å². The van der Waals surface area contributed by atoms with Gasteiger partial charge in [0.1, 0.15) is 17.3 Å². The lowest BCUT2D eigenvalue weighted by Gasteiger charge is -1.96. The highest BCUT2D eigenvalue weighted by Gasteiger charge is 2.11. The molecule has 0 atom stereocenters. The fourth-order valence-corrected chi connectivity index (χ4v) is 1.82. The van der Waals surface area contributed by atoms with Crippen molar-refractivity contribution in [3.63, 3.8) is 0 Å². The second-order valence-corrected chi connectivity index (χ2v) is 3.95. The van der Waals surface area contributed by atoms with Crippen molar-refractivity contribution in [2.75, 3.05) is 5.73 Å². The van der Waals surface area contributed by atoms with Gasteiger partial charge in [-0.05, 0) is 17.7 Å². The number of fused-ring (bicyclic) bond motifs is 1. The van der Waals surface area contributed by atoms with Gasteiger partial charge in [0.05, 0.1) is 0 Å². The number of nitrogen functional groups attached to an aromatic ring is 1. The van der Waals surface area contributed by atoms with Crippen LogP contribution in [0.15, 0.2) is 42.5 Å². The first kappa shape index (κ1) is 9.84. The van der Waals surface area contributed by atoms with Gasteiger partial charge >= 0.3 is 0 Å². The van der Waals surface area contributed by atoms with E-state index in [0.717, 1.165) is 23.8 Å². The summed E-state index contributed by atoms with van der Waals surface area (Å²) in [5, 5.41) is 0. The smallest absolute Gasteiger partial charge is 0.159 e. The molecular formula is C13H12N4. The fraction of sp³-hybridized carbons (Fsp3) is 0.0769. The summed E-state index contributed by atoms with van der Waals surface area (Å²) < 4.78 is 0. The Kier molecular flexibility index (Phi) is 2.26. The minimum absolute atomic E-state index is 0.601. The normalized spacial score (nSPS) is 10.8. The molecule has 0 bridgehead atoms. The third-order valence-electron chi connectivity index (χ3n) is 2.62. The SMILES string of the molecule is Nc1ccc2nc(Cc3ccccc3)nc-2[nH]1. The molecule has 84 valence electrons. The van der Waals surface area contributed by atoms with E-state index in [1.165, 1.54) is 5.56 Å². The summed E-state index contributed by atoms with van der Waals surface area (Å²) in [6.07, 6.45) is 0.739. The first-order valence-corrected chi connectivity index (χ1v) is 5.46. The molecule has 2 aliphatic rings. The van der Waals surface area contributed by atoms with E-state index in [0.29, 0.717) is 5.82 Å². The van der Waals surface area contributed by atoms with E-state index in [9.17, 15) is 0 Å². The number of nitrogens with zero attached hydrogens (tertiary/aromatic N) is 2. The van der Waals surface area contributed by atoms with E-state index < -0.39 is 0 Å². The molecule has 0 aliphatic carbocycles. The van der Waals surface area contributed by atoms with Crippen molar-refractivity contribution in [1.82, 2.24) is 15.0 Å². The Bertz CT molecular complexity index is 600. The summed E-state index contributed by atoms with van der Waals surface area (Å²) in [4.78, 5) is 11.9. The van der Waals surface area contributed by atoms with Crippen LogP contribution in [0.5, 0.6) is 0 Å². The largest absolute Gasteiger partial charge is 0.385 e. The van der Waals surface area contributed by atoms with Crippen LogP contribution in [0.3, 0.4) is 0 Å². The van der Waals surface area contributed by atoms with Gasteiger partial charge in [-0.1, -0.05) is 30.3 Å². The highest BCUT2D eigenvalue weighted by atomic mass is 15.0. The second kappa shape index (κ2) is 3.90. The Labute approximate surface area is 98.9 Å². The lowest BCUT2D eigenvalue weighted by molar-refractivity contribution is 1.03. The maximum absolute atomic E-state index is 5.66. The predicted molar refractivity (Wildman–Crippen MR) is 66.7 cm³/mol. The number of hydrogen-bond donors (Lipinski definition) is 2. The molecule has 4 nitrogen and oxygen atoms in total. The number of hydrogen-bond acceptors (Lipinski definition) is 3. The topological polar surface area (TPSA) is 67.6 Å². The van der Waals surface area contributed by atoms with Crippen LogP contribution in [0.4, 0.5) is 5.82 Å². The number of aromatic amines is 1. The van der Waals surface area contributed by atoms with Crippen LogP contribution in [0.2, 0.25) is 0 Å². The molecule has 0 saturated carbocycles. The van der Waals surface area contributed by atoms with Gasteiger partial charge in [0.15, 0.2) is 5.82 Å². The Hall–Kier alpha value is -2.36. The van der Waals surface area contributed by atoms with Crippen molar-refractivity contribution in [2.45, 2.75) is 6.42 Å². The zero-order valence-corrected chi connectivity index (χ0v) is 9.22. The van der Waals surface area contributed by atoms with Crippen LogP contribution in [-0.2, 0) is 6.42 Å². The second-order valence-electron chi connectivity index (χ2n) is 3.95. The first-order valence-electron chi connectivity index (χ1n) is 5.46. The average Bonchev–Trinajstić information content (AvgIpc) is 2.71. The number of pyridine rings is 1. The molecule has 17 heavy (non-hydrogen) atoms. The Balaban J connectivity index is 1.95. The molecular weight excluding hydrogens is 212 g/mol. The number of benzene rings is 1. The van der Waals surface area contributed by atoms with E-state index in [2.05, 4.69) is 27.1 Å². The molecule has 1 aromatic carbocycles. The maximum Gasteiger partial charge on any atom is 0.159 e. The fourth-order valence-electron chi connectivity index (χ4n) is 1.82. The minimum atomic E-state index is 0.601. The molecule has 4 heteroatoms. The number of imidazole rings is 1. The Morgan fingerprint density at radius 3 is 2.65 bits per heavy atom. The van der Waals surface area contributed by atoms with Crippen LogP contribution < -0.4 is 5.73 Å². The van der Waals surface area contributed by atoms with Crippen LogP contribution in [0.1, 0.15) is 11.4 Å². The van der Waals surface area contributed by atoms with E-state index in [1.54, 1.807) is 6.07 Å². The van der Waals surface area contributed by atoms with Crippen LogP contribution in [-0.4, -0.2) is 15.0 Å². The zero-order valence-electron chi connectivity index (χ0n) is 9.22. The van der Waals surface area contributed by atoms with Gasteiger partial charge in [-0.25, -0.2) is 9.97 Å². The number of nitrogens with one attached hydrogen (secondary N) is 1. The van der Waals surface area contributed by atoms with Crippen molar-refractivity contribution in [3.8, 4) is 11.5 Å². The van der Waals surface area contributed by atoms with Gasteiger partial charge in [-0.15, -0.1) is 0 Å². The lowest BCUT2D eigenvalue weighted by Crippen LogP contribution is -1.92. The van der Waals surface area contributed by atoms with Crippen LogP contribution in [0, 0.1) is 0 Å². The third kappa shape index (κ3) is 1.97. The molecule has 0 amide bonds. The van der Waals surface area contributed by atoms with Crippen molar-refractivity contribution in [2.24, 2.45) is 0 Å². The van der Waals surface area contributed by atoms with Gasteiger partial charge in [-0.2, -0.15) is 0 Å². The third-order valence-corrected chi connectivity index (χ3v) is 2.62. The number of H-pyrrole nitrogens is 1. The summed E-state index contributed by atoms with van der Waals surface area (Å²) in [6, 6.07) is 13.8. The molecule has 0 saturated heterocycles. The molecule has 3 N–H and O–H groups in total. The minimum Gasteiger partial charge on any atom is -0.385 e. The van der Waals surface area contributed by atoms with E-state index >= 15 is 0 Å². The predicted octanol–water partition coefficient (Wildman–Crippen LogP) is 2.08. The Morgan fingerprint density at radius 1 is 1.00 bits per heavy atom. The van der Waals surface area contributed by atoms with E-state index in [1.807, 2.05) is 24.3 Å². The lowest BCUT2D eigenvalue weighted by atomic mass is 10.1. The molecule has 0 unspecified atom stereocenters. The number of nitrogens with two attached hydrogens (primary N) is 1. The summed E-state index contributed by atoms with van der Waals surface area (Å²) in [5.41, 5.74) is 7.72. The molecule has 1 aromatic rings. The molecule has 0 aromatic heterocycles. The number of rotatable bonds is 2. The summed E-state index contributed by atoms with van der Waals surface area (Å²) in [5.74, 6) is 2.16. The van der Waals surface area contributed by atoms with E-state index in [-0.39, 0.29) is 0 Å². The van der Waals surface area contributed by atoms with Crippen molar-refractivity contribution < 1.29 is 0 Å². The monoisotopic (exact) mass is 224 g/mol. The molecule has 2 aliphatic heterocycles. The quantitative estimate of drug-likeness (QED) is 0.700. The van der Waals surface area contributed by atoms with Gasteiger partial charge in [0, 0.05) is 6.42 Å². The molecule has 0 fully saturated rings. The maximum atomic E-state index is 5.66. The summed E-state index contributed by atoms with van der Waals surface area (Å²) in [6.45, 7) is 0. The van der Waals surface area contributed by atoms with Crippen molar-refractivity contribution >= 4 is 5.82 Å². The molecule has 3 rings (SSSR count). The molecule has 0 spiro atoms. The van der Waals surface area contributed by atoms with Gasteiger partial charge in [-0.3, -0.25) is 0 Å². The average molecular weight is 224 g/mol. The van der Waals surface area contributed by atoms with Crippen molar-refractivity contribution in [3.05, 3.63) is 53.9 Å². The summed E-state index contributed by atoms with van der Waals surface area (Å²) >= 11 is 0. The van der Waals surface area contributed by atoms with Gasteiger partial charge < -0.3 is 10.7 Å². The van der Waals surface area contributed by atoms with Gasteiger partial charge in [0.2, 0.25) is 0 Å². The highest BCUT2D eigenvalue weighted by Crippen LogP contribution is 2.19. The molecule has 2 heterocycles. The van der Waals surface area contributed by atoms with Crippen molar-refractivity contribution in [1.29, 1.82) is 0 Å².